The van der Waals surface area contributed by atoms with Gasteiger partial charge in [-0.15, -0.1) is 0 Å². The molecule has 0 radical (unpaired) electrons. The Balaban J connectivity index is 1.97. The molecule has 1 fully saturated rings. The number of hydrogen-bond acceptors (Lipinski definition) is 4. The Kier molecular flexibility index (Phi) is 4.49. The van der Waals surface area contributed by atoms with Gasteiger partial charge in [0.15, 0.2) is 0 Å². The molecule has 7 heteroatoms. The van der Waals surface area contributed by atoms with Crippen molar-refractivity contribution in [2.24, 2.45) is 5.73 Å². The Morgan fingerprint density at radius 1 is 1.25 bits per heavy atom. The van der Waals surface area contributed by atoms with Gasteiger partial charge < -0.3 is 10.6 Å². The first-order valence-electron chi connectivity index (χ1n) is 6.58. The number of nitrogens with two attached hydrogens (primary N) is 1. The number of rotatable bonds is 3. The van der Waals surface area contributed by atoms with Crippen LogP contribution in [0.4, 0.5) is 19.0 Å². The van der Waals surface area contributed by atoms with E-state index in [4.69, 9.17) is 5.73 Å². The molecule has 0 saturated carbocycles. The van der Waals surface area contributed by atoms with Gasteiger partial charge in [-0.1, -0.05) is 0 Å². The van der Waals surface area contributed by atoms with Crippen LogP contribution in [0.25, 0.3) is 0 Å². The highest BCUT2D eigenvalue weighted by molar-refractivity contribution is 5.47. The molecule has 2 N–H and O–H groups in total. The van der Waals surface area contributed by atoms with E-state index in [1.54, 1.807) is 6.20 Å². The quantitative estimate of drug-likeness (QED) is 0.916. The number of nitrogens with zero attached hydrogens (tertiary/aromatic N) is 3. The van der Waals surface area contributed by atoms with Crippen molar-refractivity contribution in [3.8, 4) is 0 Å². The molecule has 0 unspecified atom stereocenters. The summed E-state index contributed by atoms with van der Waals surface area (Å²) in [5.41, 5.74) is 7.53. The Morgan fingerprint density at radius 2 is 1.90 bits per heavy atom. The predicted molar refractivity (Wildman–Crippen MR) is 71.6 cm³/mol. The fraction of sp³-hybridized carbons (Fsp3) is 0.615. The SMILES string of the molecule is Cc1cc(CN)cnc1N1CCN(CC(F)(F)F)CC1. The van der Waals surface area contributed by atoms with Crippen molar-refractivity contribution in [2.75, 3.05) is 37.6 Å². The minimum Gasteiger partial charge on any atom is -0.354 e. The van der Waals surface area contributed by atoms with E-state index in [9.17, 15) is 13.2 Å². The van der Waals surface area contributed by atoms with Crippen molar-refractivity contribution in [1.29, 1.82) is 0 Å². The van der Waals surface area contributed by atoms with Gasteiger partial charge >= 0.3 is 6.18 Å². The number of aromatic nitrogens is 1. The topological polar surface area (TPSA) is 45.4 Å². The van der Waals surface area contributed by atoms with E-state index in [2.05, 4.69) is 4.98 Å². The lowest BCUT2D eigenvalue weighted by Crippen LogP contribution is -2.49. The highest BCUT2D eigenvalue weighted by Crippen LogP contribution is 2.21. The summed E-state index contributed by atoms with van der Waals surface area (Å²) in [6, 6.07) is 1.98. The lowest BCUT2D eigenvalue weighted by atomic mass is 10.2. The Labute approximate surface area is 116 Å². The molecule has 0 spiro atoms. The first-order chi connectivity index (χ1) is 9.39. The van der Waals surface area contributed by atoms with Crippen LogP contribution in [0.1, 0.15) is 11.1 Å². The van der Waals surface area contributed by atoms with Crippen molar-refractivity contribution in [1.82, 2.24) is 9.88 Å². The summed E-state index contributed by atoms with van der Waals surface area (Å²) in [5.74, 6) is 0.842. The standard InChI is InChI=1S/C13H19F3N4/c1-10-6-11(7-17)8-18-12(10)20-4-2-19(3-5-20)9-13(14,15)16/h6,8H,2-5,7,9,17H2,1H3. The van der Waals surface area contributed by atoms with Crippen LogP contribution in [0.15, 0.2) is 12.3 Å². The third-order valence-electron chi connectivity index (χ3n) is 3.42. The smallest absolute Gasteiger partial charge is 0.354 e. The fourth-order valence-electron chi connectivity index (χ4n) is 2.44. The molecule has 20 heavy (non-hydrogen) atoms. The second-order valence-electron chi connectivity index (χ2n) is 5.07. The molecule has 1 aromatic heterocycles. The van der Waals surface area contributed by atoms with Gasteiger partial charge in [0, 0.05) is 38.9 Å². The zero-order chi connectivity index (χ0) is 14.8. The van der Waals surface area contributed by atoms with E-state index in [0.29, 0.717) is 32.7 Å². The van der Waals surface area contributed by atoms with Crippen LogP contribution < -0.4 is 10.6 Å². The summed E-state index contributed by atoms with van der Waals surface area (Å²) >= 11 is 0. The number of anilines is 1. The van der Waals surface area contributed by atoms with Crippen molar-refractivity contribution in [3.05, 3.63) is 23.4 Å². The molecule has 1 aliphatic rings. The summed E-state index contributed by atoms with van der Waals surface area (Å²) in [6.07, 6.45) is -2.40. The molecule has 4 nitrogen and oxygen atoms in total. The molecule has 0 aliphatic carbocycles. The van der Waals surface area contributed by atoms with Gasteiger partial charge in [-0.05, 0) is 24.1 Å². The summed E-state index contributed by atoms with van der Waals surface area (Å²) in [5, 5.41) is 0. The molecule has 1 aliphatic heterocycles. The lowest BCUT2D eigenvalue weighted by molar-refractivity contribution is -0.146. The first kappa shape index (κ1) is 15.1. The highest BCUT2D eigenvalue weighted by atomic mass is 19.4. The lowest BCUT2D eigenvalue weighted by Gasteiger charge is -2.36. The van der Waals surface area contributed by atoms with E-state index < -0.39 is 12.7 Å². The Morgan fingerprint density at radius 3 is 2.40 bits per heavy atom. The average Bonchev–Trinajstić information content (AvgIpc) is 2.38. The normalized spacial score (nSPS) is 17.6. The van der Waals surface area contributed by atoms with Gasteiger partial charge in [0.05, 0.1) is 6.54 Å². The monoisotopic (exact) mass is 288 g/mol. The summed E-state index contributed by atoms with van der Waals surface area (Å²) < 4.78 is 37.0. The number of alkyl halides is 3. The molecule has 0 aromatic carbocycles. The van der Waals surface area contributed by atoms with Crippen LogP contribution in [0.5, 0.6) is 0 Å². The highest BCUT2D eigenvalue weighted by Gasteiger charge is 2.32. The zero-order valence-corrected chi connectivity index (χ0v) is 11.5. The molecule has 0 atom stereocenters. The number of aryl methyl sites for hydroxylation is 1. The number of pyridine rings is 1. The number of piperazine rings is 1. The minimum atomic E-state index is -4.13. The van der Waals surface area contributed by atoms with E-state index in [1.807, 2.05) is 17.9 Å². The Hall–Kier alpha value is -1.34. The molecule has 2 rings (SSSR count). The van der Waals surface area contributed by atoms with Crippen LogP contribution >= 0.6 is 0 Å². The third kappa shape index (κ3) is 3.83. The number of halogens is 3. The molecule has 0 amide bonds. The van der Waals surface area contributed by atoms with Gasteiger partial charge in [0.1, 0.15) is 5.82 Å². The number of hydrogen-bond donors (Lipinski definition) is 1. The molecule has 2 heterocycles. The van der Waals surface area contributed by atoms with Crippen molar-refractivity contribution < 1.29 is 13.2 Å². The maximum Gasteiger partial charge on any atom is 0.401 e. The second-order valence-corrected chi connectivity index (χ2v) is 5.07. The maximum atomic E-state index is 12.3. The Bertz CT molecular complexity index is 453. The average molecular weight is 288 g/mol. The van der Waals surface area contributed by atoms with E-state index in [-0.39, 0.29) is 0 Å². The molecular weight excluding hydrogens is 269 g/mol. The molecular formula is C13H19F3N4. The van der Waals surface area contributed by atoms with Gasteiger partial charge in [-0.2, -0.15) is 13.2 Å². The van der Waals surface area contributed by atoms with Crippen LogP contribution in [-0.2, 0) is 6.54 Å². The fourth-order valence-corrected chi connectivity index (χ4v) is 2.44. The van der Waals surface area contributed by atoms with Gasteiger partial charge in [-0.3, -0.25) is 4.90 Å². The van der Waals surface area contributed by atoms with E-state index in [0.717, 1.165) is 16.9 Å². The zero-order valence-electron chi connectivity index (χ0n) is 11.5. The van der Waals surface area contributed by atoms with Crippen molar-refractivity contribution in [3.63, 3.8) is 0 Å². The molecule has 1 aromatic rings. The summed E-state index contributed by atoms with van der Waals surface area (Å²) in [4.78, 5) is 7.84. The third-order valence-corrected chi connectivity index (χ3v) is 3.42. The summed E-state index contributed by atoms with van der Waals surface area (Å²) in [6.45, 7) is 3.48. The first-order valence-corrected chi connectivity index (χ1v) is 6.58. The molecule has 0 bridgehead atoms. The van der Waals surface area contributed by atoms with E-state index >= 15 is 0 Å². The van der Waals surface area contributed by atoms with Crippen LogP contribution in [0.2, 0.25) is 0 Å². The van der Waals surface area contributed by atoms with Crippen LogP contribution in [0.3, 0.4) is 0 Å². The summed E-state index contributed by atoms with van der Waals surface area (Å²) in [7, 11) is 0. The van der Waals surface area contributed by atoms with Gasteiger partial charge in [-0.25, -0.2) is 4.98 Å². The largest absolute Gasteiger partial charge is 0.401 e. The van der Waals surface area contributed by atoms with Crippen LogP contribution in [-0.4, -0.2) is 48.8 Å². The van der Waals surface area contributed by atoms with Crippen molar-refractivity contribution >= 4 is 5.82 Å². The second kappa shape index (κ2) is 5.97. The van der Waals surface area contributed by atoms with Crippen LogP contribution in [0, 0.1) is 6.92 Å². The molecule has 112 valence electrons. The van der Waals surface area contributed by atoms with E-state index in [1.165, 1.54) is 4.90 Å². The van der Waals surface area contributed by atoms with Gasteiger partial charge in [0.2, 0.25) is 0 Å². The minimum absolute atomic E-state index is 0.402. The van der Waals surface area contributed by atoms with Crippen molar-refractivity contribution in [2.45, 2.75) is 19.6 Å². The molecule has 1 saturated heterocycles. The maximum absolute atomic E-state index is 12.3. The predicted octanol–water partition coefficient (Wildman–Crippen LogP) is 1.53. The van der Waals surface area contributed by atoms with Gasteiger partial charge in [0.25, 0.3) is 0 Å².